The van der Waals surface area contributed by atoms with Crippen LogP contribution in [-0.2, 0) is 16.1 Å². The molecule has 1 aliphatic heterocycles. The highest BCUT2D eigenvalue weighted by molar-refractivity contribution is 6.46. The molecule has 2 aromatic carbocycles. The number of amides is 1. The van der Waals surface area contributed by atoms with Gasteiger partial charge in [-0.1, -0.05) is 18.2 Å². The van der Waals surface area contributed by atoms with Gasteiger partial charge in [0, 0.05) is 5.56 Å². The van der Waals surface area contributed by atoms with Crippen LogP contribution in [0, 0.1) is 0 Å². The van der Waals surface area contributed by atoms with Gasteiger partial charge < -0.3 is 29.0 Å². The number of hydrogen-bond donors (Lipinski definition) is 2. The highest BCUT2D eigenvalue weighted by Crippen LogP contribution is 2.42. The first-order valence-electron chi connectivity index (χ1n) is 10.9. The number of nitrogens with zero attached hydrogens (tertiary/aromatic N) is 1. The summed E-state index contributed by atoms with van der Waals surface area (Å²) in [5, 5.41) is 21.4. The second-order valence-electron chi connectivity index (χ2n) is 7.63. The summed E-state index contributed by atoms with van der Waals surface area (Å²) < 4.78 is 16.4. The Morgan fingerprint density at radius 1 is 1.03 bits per heavy atom. The maximum absolute atomic E-state index is 13.2. The summed E-state index contributed by atoms with van der Waals surface area (Å²) in [6.45, 7) is 4.39. The number of ketones is 1. The molecule has 0 saturated carbocycles. The molecule has 1 unspecified atom stereocenters. The number of benzene rings is 2. The molecular weight excluding hydrogens is 438 g/mol. The van der Waals surface area contributed by atoms with E-state index in [1.54, 1.807) is 55.5 Å². The summed E-state index contributed by atoms with van der Waals surface area (Å²) in [7, 11) is 0. The van der Waals surface area contributed by atoms with Crippen molar-refractivity contribution in [1.29, 1.82) is 0 Å². The molecule has 0 spiro atoms. The number of aromatic hydroxyl groups is 1. The van der Waals surface area contributed by atoms with Crippen LogP contribution in [0.3, 0.4) is 0 Å². The van der Waals surface area contributed by atoms with Crippen LogP contribution in [0.2, 0.25) is 0 Å². The normalized spacial score (nSPS) is 17.2. The zero-order valence-corrected chi connectivity index (χ0v) is 18.9. The molecule has 0 bridgehead atoms. The number of Topliss-reactive ketones (excluding diaryl/α,β-unsaturated/α-hetero) is 1. The molecule has 1 aromatic heterocycles. The van der Waals surface area contributed by atoms with E-state index < -0.39 is 17.7 Å². The van der Waals surface area contributed by atoms with Crippen molar-refractivity contribution in [1.82, 2.24) is 4.90 Å². The zero-order chi connectivity index (χ0) is 24.2. The van der Waals surface area contributed by atoms with E-state index >= 15 is 0 Å². The van der Waals surface area contributed by atoms with Gasteiger partial charge in [0.2, 0.25) is 0 Å². The Bertz CT molecular complexity index is 1230. The Morgan fingerprint density at radius 2 is 1.82 bits per heavy atom. The summed E-state index contributed by atoms with van der Waals surface area (Å²) in [5.74, 6) is -0.764. The maximum atomic E-state index is 13.2. The van der Waals surface area contributed by atoms with Gasteiger partial charge in [-0.3, -0.25) is 9.59 Å². The van der Waals surface area contributed by atoms with Crippen LogP contribution in [-0.4, -0.2) is 40.0 Å². The lowest BCUT2D eigenvalue weighted by Crippen LogP contribution is -2.29. The molecule has 8 nitrogen and oxygen atoms in total. The molecule has 1 saturated heterocycles. The molecule has 1 fully saturated rings. The fraction of sp³-hybridized carbons (Fsp3) is 0.231. The standard InChI is InChI=1S/C26H25NO7/c1-3-32-18-8-5-7-17(13-18)24(29)22-23(16-10-11-20(28)21(14-16)33-4-2)27(26(31)25(22)30)15-19-9-6-12-34-19/h5-14,23,28-29H,3-4,15H2,1-2H3/b24-22+. The molecule has 2 heterocycles. The van der Waals surface area contributed by atoms with Crippen molar-refractivity contribution in [2.24, 2.45) is 0 Å². The van der Waals surface area contributed by atoms with E-state index in [0.29, 0.717) is 35.9 Å². The van der Waals surface area contributed by atoms with E-state index in [2.05, 4.69) is 0 Å². The van der Waals surface area contributed by atoms with E-state index in [1.807, 2.05) is 6.92 Å². The van der Waals surface area contributed by atoms with E-state index in [4.69, 9.17) is 13.9 Å². The molecule has 2 N–H and O–H groups in total. The van der Waals surface area contributed by atoms with Crippen molar-refractivity contribution in [2.45, 2.75) is 26.4 Å². The van der Waals surface area contributed by atoms with Crippen molar-refractivity contribution in [2.75, 3.05) is 13.2 Å². The Labute approximate surface area is 196 Å². The van der Waals surface area contributed by atoms with Crippen molar-refractivity contribution in [3.63, 3.8) is 0 Å². The third kappa shape index (κ3) is 4.34. The fourth-order valence-corrected chi connectivity index (χ4v) is 3.99. The van der Waals surface area contributed by atoms with E-state index in [0.717, 1.165) is 0 Å². The van der Waals surface area contributed by atoms with Gasteiger partial charge in [0.15, 0.2) is 11.5 Å². The van der Waals surface area contributed by atoms with Crippen LogP contribution < -0.4 is 9.47 Å². The SMILES string of the molecule is CCOc1cccc(/C(O)=C2\C(=O)C(=O)N(Cc3ccco3)C2c2ccc(O)c(OCC)c2)c1. The van der Waals surface area contributed by atoms with Crippen molar-refractivity contribution in [3.8, 4) is 17.2 Å². The van der Waals surface area contributed by atoms with Gasteiger partial charge in [-0.2, -0.15) is 0 Å². The lowest BCUT2D eigenvalue weighted by Gasteiger charge is -2.25. The number of hydrogen-bond acceptors (Lipinski definition) is 7. The van der Waals surface area contributed by atoms with Crippen LogP contribution >= 0.6 is 0 Å². The van der Waals surface area contributed by atoms with Gasteiger partial charge in [0.05, 0.1) is 37.6 Å². The molecule has 1 atom stereocenters. The van der Waals surface area contributed by atoms with Crippen LogP contribution in [0.4, 0.5) is 0 Å². The smallest absolute Gasteiger partial charge is 0.296 e. The van der Waals surface area contributed by atoms with Crippen molar-refractivity contribution >= 4 is 17.4 Å². The number of carbonyl (C=O) groups is 2. The number of rotatable bonds is 8. The Hall–Kier alpha value is -4.20. The number of aliphatic hydroxyl groups excluding tert-OH is 1. The third-order valence-corrected chi connectivity index (χ3v) is 5.46. The molecule has 4 rings (SSSR count). The van der Waals surface area contributed by atoms with Crippen LogP contribution in [0.5, 0.6) is 17.2 Å². The lowest BCUT2D eigenvalue weighted by atomic mass is 9.95. The quantitative estimate of drug-likeness (QED) is 0.289. The summed E-state index contributed by atoms with van der Waals surface area (Å²) in [6.07, 6.45) is 1.48. The average molecular weight is 463 g/mol. The molecule has 0 radical (unpaired) electrons. The van der Waals surface area contributed by atoms with E-state index in [1.165, 1.54) is 17.2 Å². The fourth-order valence-electron chi connectivity index (χ4n) is 3.99. The van der Waals surface area contributed by atoms with Gasteiger partial charge in [-0.05, 0) is 55.8 Å². The Morgan fingerprint density at radius 3 is 2.53 bits per heavy atom. The second kappa shape index (κ2) is 9.74. The van der Waals surface area contributed by atoms with Gasteiger partial charge in [-0.25, -0.2) is 0 Å². The van der Waals surface area contributed by atoms with Crippen LogP contribution in [0.1, 0.15) is 36.8 Å². The van der Waals surface area contributed by atoms with Gasteiger partial charge in [0.25, 0.3) is 11.7 Å². The number of likely N-dealkylation sites (tertiary alicyclic amines) is 1. The molecule has 1 amide bonds. The highest BCUT2D eigenvalue weighted by atomic mass is 16.5. The maximum Gasteiger partial charge on any atom is 0.296 e. The van der Waals surface area contributed by atoms with Gasteiger partial charge in [-0.15, -0.1) is 0 Å². The molecule has 1 aliphatic rings. The largest absolute Gasteiger partial charge is 0.507 e. The predicted molar refractivity (Wildman–Crippen MR) is 123 cm³/mol. The van der Waals surface area contributed by atoms with Crippen LogP contribution in [0.25, 0.3) is 5.76 Å². The molecule has 0 aliphatic carbocycles. The minimum Gasteiger partial charge on any atom is -0.507 e. The first-order valence-corrected chi connectivity index (χ1v) is 10.9. The number of phenols is 1. The monoisotopic (exact) mass is 463 g/mol. The van der Waals surface area contributed by atoms with Crippen LogP contribution in [0.15, 0.2) is 70.9 Å². The molecule has 176 valence electrons. The predicted octanol–water partition coefficient (Wildman–Crippen LogP) is 4.40. The summed E-state index contributed by atoms with van der Waals surface area (Å²) >= 11 is 0. The topological polar surface area (TPSA) is 109 Å². The number of phenolic OH excluding ortho intramolecular Hbond substituents is 1. The average Bonchev–Trinajstić information content (AvgIpc) is 3.43. The molecule has 34 heavy (non-hydrogen) atoms. The minimum atomic E-state index is -0.930. The first kappa shape index (κ1) is 23.0. The Kier molecular flexibility index (Phi) is 6.58. The number of ether oxygens (including phenoxy) is 2. The van der Waals surface area contributed by atoms with Crippen molar-refractivity contribution < 1.29 is 33.7 Å². The van der Waals surface area contributed by atoms with Gasteiger partial charge in [0.1, 0.15) is 17.3 Å². The highest BCUT2D eigenvalue weighted by Gasteiger charge is 2.46. The summed E-state index contributed by atoms with van der Waals surface area (Å²) in [6, 6.07) is 13.7. The first-order chi connectivity index (χ1) is 16.4. The zero-order valence-electron chi connectivity index (χ0n) is 18.9. The molecule has 8 heteroatoms. The molecule has 3 aromatic rings. The van der Waals surface area contributed by atoms with E-state index in [-0.39, 0.29) is 29.4 Å². The number of aliphatic hydroxyl groups is 1. The third-order valence-electron chi connectivity index (χ3n) is 5.46. The molecular formula is C26H25NO7. The summed E-state index contributed by atoms with van der Waals surface area (Å²) in [4.78, 5) is 27.6. The number of carbonyl (C=O) groups excluding carboxylic acids is 2. The summed E-state index contributed by atoms with van der Waals surface area (Å²) in [5.41, 5.74) is 0.767. The van der Waals surface area contributed by atoms with Gasteiger partial charge >= 0.3 is 0 Å². The number of furan rings is 1. The Balaban J connectivity index is 1.87. The second-order valence-corrected chi connectivity index (χ2v) is 7.63. The minimum absolute atomic E-state index is 0.0167. The van der Waals surface area contributed by atoms with Crippen molar-refractivity contribution in [3.05, 3.63) is 83.3 Å². The van der Waals surface area contributed by atoms with E-state index in [9.17, 15) is 19.8 Å². The lowest BCUT2D eigenvalue weighted by molar-refractivity contribution is -0.140.